The Morgan fingerprint density at radius 1 is 1.44 bits per heavy atom. The summed E-state index contributed by atoms with van der Waals surface area (Å²) in [5, 5.41) is 4.24. The molecule has 0 fully saturated rings. The molecule has 1 aliphatic rings. The molecule has 1 aromatic carbocycles. The molecule has 2 heterocycles. The molecule has 1 N–H and O–H groups in total. The van der Waals surface area contributed by atoms with Gasteiger partial charge in [-0.1, -0.05) is 12.1 Å². The molecule has 82 valence electrons. The van der Waals surface area contributed by atoms with Gasteiger partial charge < -0.3 is 10.1 Å². The molecular formula is C12H12N2OS. The van der Waals surface area contributed by atoms with Crippen LogP contribution in [0.1, 0.15) is 9.88 Å². The topological polar surface area (TPSA) is 34.2 Å². The Labute approximate surface area is 98.1 Å². The molecule has 0 bridgehead atoms. The summed E-state index contributed by atoms with van der Waals surface area (Å²) < 4.78 is 5.69. The number of nitrogens with zero attached hydrogens (tertiary/aromatic N) is 1. The number of nitrogens with one attached hydrogen (secondary N) is 1. The summed E-state index contributed by atoms with van der Waals surface area (Å²) in [5.41, 5.74) is 2.21. The van der Waals surface area contributed by atoms with Gasteiger partial charge in [-0.15, -0.1) is 11.3 Å². The number of benzene rings is 1. The molecule has 0 unspecified atom stereocenters. The molecule has 0 saturated heterocycles. The van der Waals surface area contributed by atoms with Crippen molar-refractivity contribution in [3.63, 3.8) is 0 Å². The first-order chi connectivity index (χ1) is 7.88. The van der Waals surface area contributed by atoms with Gasteiger partial charge in [-0.2, -0.15) is 0 Å². The summed E-state index contributed by atoms with van der Waals surface area (Å²) in [6.07, 6.45) is 0. The molecule has 0 amide bonds. The Bertz CT molecular complexity index is 521. The molecule has 1 aliphatic heterocycles. The van der Waals surface area contributed by atoms with Crippen LogP contribution in [-0.4, -0.2) is 12.0 Å². The van der Waals surface area contributed by atoms with E-state index in [9.17, 15) is 0 Å². The van der Waals surface area contributed by atoms with E-state index in [4.69, 9.17) is 4.74 Å². The molecule has 1 aromatic heterocycles. The average Bonchev–Trinajstić information content (AvgIpc) is 2.72. The maximum Gasteiger partial charge on any atom is 0.129 e. The lowest BCUT2D eigenvalue weighted by Crippen LogP contribution is -2.04. The molecule has 0 radical (unpaired) electrons. The Morgan fingerprint density at radius 3 is 3.19 bits per heavy atom. The Balaban J connectivity index is 2.09. The van der Waals surface area contributed by atoms with Crippen molar-refractivity contribution in [2.24, 2.45) is 0 Å². The van der Waals surface area contributed by atoms with E-state index in [-0.39, 0.29) is 0 Å². The molecule has 0 atom stereocenters. The number of hydrogen-bond donors (Lipinski definition) is 1. The highest BCUT2D eigenvalue weighted by atomic mass is 32.1. The molecular weight excluding hydrogens is 220 g/mol. The van der Waals surface area contributed by atoms with Crippen molar-refractivity contribution >= 4 is 11.3 Å². The average molecular weight is 232 g/mol. The Kier molecular flexibility index (Phi) is 2.38. The van der Waals surface area contributed by atoms with Crippen LogP contribution in [0, 0.1) is 0 Å². The summed E-state index contributed by atoms with van der Waals surface area (Å²) in [6, 6.07) is 8.07. The minimum absolute atomic E-state index is 0.647. The Morgan fingerprint density at radius 2 is 2.31 bits per heavy atom. The summed E-state index contributed by atoms with van der Waals surface area (Å²) in [6.45, 7) is 1.47. The largest absolute Gasteiger partial charge is 0.487 e. The zero-order chi connectivity index (χ0) is 11.0. The minimum Gasteiger partial charge on any atom is -0.487 e. The molecule has 16 heavy (non-hydrogen) atoms. The number of hydrogen-bond acceptors (Lipinski definition) is 4. The third kappa shape index (κ3) is 1.50. The second-order valence-electron chi connectivity index (χ2n) is 3.69. The van der Waals surface area contributed by atoms with Crippen molar-refractivity contribution in [1.29, 1.82) is 0 Å². The van der Waals surface area contributed by atoms with Gasteiger partial charge >= 0.3 is 0 Å². The predicted molar refractivity (Wildman–Crippen MR) is 64.6 cm³/mol. The fourth-order valence-corrected chi connectivity index (χ4v) is 2.87. The van der Waals surface area contributed by atoms with Crippen LogP contribution in [-0.2, 0) is 13.2 Å². The summed E-state index contributed by atoms with van der Waals surface area (Å²) >= 11 is 1.72. The molecule has 2 aromatic rings. The van der Waals surface area contributed by atoms with Crippen molar-refractivity contribution in [1.82, 2.24) is 10.3 Å². The van der Waals surface area contributed by atoms with Crippen LogP contribution in [0.15, 0.2) is 24.3 Å². The fourth-order valence-electron chi connectivity index (χ4n) is 1.87. The van der Waals surface area contributed by atoms with Crippen LogP contribution in [0.4, 0.5) is 0 Å². The van der Waals surface area contributed by atoms with Crippen molar-refractivity contribution in [2.45, 2.75) is 13.2 Å². The summed E-state index contributed by atoms with van der Waals surface area (Å²) in [4.78, 5) is 5.88. The van der Waals surface area contributed by atoms with Crippen LogP contribution < -0.4 is 10.1 Å². The van der Waals surface area contributed by atoms with E-state index in [1.807, 2.05) is 25.2 Å². The monoisotopic (exact) mass is 232 g/mol. The lowest BCUT2D eigenvalue weighted by molar-refractivity contribution is 0.305. The van der Waals surface area contributed by atoms with Crippen molar-refractivity contribution in [3.8, 4) is 17.0 Å². The molecule has 0 spiro atoms. The highest BCUT2D eigenvalue weighted by molar-refractivity contribution is 7.12. The molecule has 0 saturated carbocycles. The van der Waals surface area contributed by atoms with Gasteiger partial charge in [0.05, 0.1) is 10.6 Å². The third-order valence-corrected chi connectivity index (χ3v) is 3.60. The van der Waals surface area contributed by atoms with Crippen molar-refractivity contribution in [3.05, 3.63) is 34.2 Å². The smallest absolute Gasteiger partial charge is 0.129 e. The number of ether oxygens (including phenoxy) is 1. The summed E-state index contributed by atoms with van der Waals surface area (Å²) in [5.74, 6) is 0.941. The van der Waals surface area contributed by atoms with Gasteiger partial charge in [-0.05, 0) is 19.2 Å². The van der Waals surface area contributed by atoms with E-state index in [0.717, 1.165) is 28.6 Å². The van der Waals surface area contributed by atoms with Crippen molar-refractivity contribution < 1.29 is 4.74 Å². The normalized spacial score (nSPS) is 12.8. The lowest BCUT2D eigenvalue weighted by Gasteiger charge is -2.15. The maximum atomic E-state index is 5.69. The number of aromatic nitrogens is 1. The second kappa shape index (κ2) is 3.88. The van der Waals surface area contributed by atoms with E-state index < -0.39 is 0 Å². The third-order valence-electron chi connectivity index (χ3n) is 2.57. The SMILES string of the molecule is CNCc1nc2c(s1)COc1ccccc1-2. The quantitative estimate of drug-likeness (QED) is 0.863. The lowest BCUT2D eigenvalue weighted by atomic mass is 10.1. The van der Waals surface area contributed by atoms with E-state index in [1.54, 1.807) is 11.3 Å². The van der Waals surface area contributed by atoms with Gasteiger partial charge in [0, 0.05) is 12.1 Å². The van der Waals surface area contributed by atoms with Crippen LogP contribution in [0.25, 0.3) is 11.3 Å². The zero-order valence-corrected chi connectivity index (χ0v) is 9.80. The first-order valence-corrected chi connectivity index (χ1v) is 6.05. The standard InChI is InChI=1S/C12H12N2OS/c1-13-6-11-14-12-8-4-2-3-5-9(8)15-7-10(12)16-11/h2-5,13H,6-7H2,1H3. The van der Waals surface area contributed by atoms with Crippen LogP contribution >= 0.6 is 11.3 Å². The first-order valence-electron chi connectivity index (χ1n) is 5.24. The number of fused-ring (bicyclic) bond motifs is 3. The van der Waals surface area contributed by atoms with Gasteiger partial charge in [0.1, 0.15) is 17.4 Å². The van der Waals surface area contributed by atoms with E-state index in [1.165, 1.54) is 4.88 Å². The van der Waals surface area contributed by atoms with E-state index in [0.29, 0.717) is 6.61 Å². The highest BCUT2D eigenvalue weighted by Crippen LogP contribution is 2.39. The number of thiazole rings is 1. The van der Waals surface area contributed by atoms with Crippen molar-refractivity contribution in [2.75, 3.05) is 7.05 Å². The molecule has 3 nitrogen and oxygen atoms in total. The molecule has 0 aliphatic carbocycles. The summed E-state index contributed by atoms with van der Waals surface area (Å²) in [7, 11) is 1.94. The van der Waals surface area contributed by atoms with E-state index in [2.05, 4.69) is 16.4 Å². The van der Waals surface area contributed by atoms with Gasteiger partial charge in [0.25, 0.3) is 0 Å². The number of rotatable bonds is 2. The predicted octanol–water partition coefficient (Wildman–Crippen LogP) is 2.42. The van der Waals surface area contributed by atoms with E-state index >= 15 is 0 Å². The zero-order valence-electron chi connectivity index (χ0n) is 8.99. The van der Waals surface area contributed by atoms with Gasteiger partial charge in [-0.25, -0.2) is 4.98 Å². The number of para-hydroxylation sites is 1. The van der Waals surface area contributed by atoms with Crippen LogP contribution in [0.5, 0.6) is 5.75 Å². The van der Waals surface area contributed by atoms with Gasteiger partial charge in [-0.3, -0.25) is 0 Å². The highest BCUT2D eigenvalue weighted by Gasteiger charge is 2.21. The van der Waals surface area contributed by atoms with Gasteiger partial charge in [0.15, 0.2) is 0 Å². The molecule has 4 heteroatoms. The minimum atomic E-state index is 0.647. The fraction of sp³-hybridized carbons (Fsp3) is 0.250. The Hall–Kier alpha value is -1.39. The van der Waals surface area contributed by atoms with Crippen LogP contribution in [0.2, 0.25) is 0 Å². The van der Waals surface area contributed by atoms with Gasteiger partial charge in [0.2, 0.25) is 0 Å². The second-order valence-corrected chi connectivity index (χ2v) is 4.86. The molecule has 3 rings (SSSR count). The van der Waals surface area contributed by atoms with Crippen LogP contribution in [0.3, 0.4) is 0 Å². The first kappa shape index (κ1) is 9.81. The maximum absolute atomic E-state index is 5.69.